The molecule has 0 saturated carbocycles. The Morgan fingerprint density at radius 3 is 0.759 bits per heavy atom. The second-order valence-electron chi connectivity index (χ2n) is 6.82. The minimum absolute atomic E-state index is 0.0676. The summed E-state index contributed by atoms with van der Waals surface area (Å²) in [6.45, 7) is 0. The Hall–Kier alpha value is -3.12. The summed E-state index contributed by atoms with van der Waals surface area (Å²) in [5.41, 5.74) is 0. The van der Waals surface area contributed by atoms with Gasteiger partial charge in [0.25, 0.3) is 0 Å². The molecule has 0 atom stereocenters. The molecular formula is C24H20O4Sn. The predicted octanol–water partition coefficient (Wildman–Crippen LogP) is 1.89. The van der Waals surface area contributed by atoms with Gasteiger partial charge in [-0.1, -0.05) is 0 Å². The van der Waals surface area contributed by atoms with Crippen molar-refractivity contribution in [2.75, 3.05) is 0 Å². The summed E-state index contributed by atoms with van der Waals surface area (Å²) in [6.07, 6.45) is 0. The molecule has 0 fully saturated rings. The molecule has 4 rings (SSSR count). The molecule has 4 nitrogen and oxygen atoms in total. The average molecular weight is 491 g/mol. The van der Waals surface area contributed by atoms with Crippen LogP contribution in [0.3, 0.4) is 0 Å². The van der Waals surface area contributed by atoms with E-state index in [9.17, 15) is 20.4 Å². The topological polar surface area (TPSA) is 80.9 Å². The first-order valence-electron chi connectivity index (χ1n) is 9.20. The van der Waals surface area contributed by atoms with E-state index in [0.717, 1.165) is 0 Å². The van der Waals surface area contributed by atoms with E-state index >= 15 is 0 Å². The van der Waals surface area contributed by atoms with Crippen LogP contribution in [0.15, 0.2) is 97.1 Å². The van der Waals surface area contributed by atoms with E-state index in [-0.39, 0.29) is 23.0 Å². The molecule has 0 amide bonds. The fourth-order valence-electron chi connectivity index (χ4n) is 4.03. The Kier molecular flexibility index (Phi) is 5.11. The van der Waals surface area contributed by atoms with Crippen molar-refractivity contribution in [1.29, 1.82) is 0 Å². The van der Waals surface area contributed by atoms with Crippen molar-refractivity contribution in [1.82, 2.24) is 0 Å². The summed E-state index contributed by atoms with van der Waals surface area (Å²) >= 11 is -4.56. The molecule has 0 aliphatic rings. The number of hydrogen-bond donors (Lipinski definition) is 4. The van der Waals surface area contributed by atoms with Crippen LogP contribution in [-0.2, 0) is 0 Å². The molecule has 4 aromatic carbocycles. The third-order valence-electron chi connectivity index (χ3n) is 5.23. The quantitative estimate of drug-likeness (QED) is 0.329. The van der Waals surface area contributed by atoms with Crippen LogP contribution >= 0.6 is 0 Å². The van der Waals surface area contributed by atoms with Gasteiger partial charge >= 0.3 is 173 Å². The molecule has 144 valence electrons. The predicted molar refractivity (Wildman–Crippen MR) is 117 cm³/mol. The van der Waals surface area contributed by atoms with Crippen molar-refractivity contribution in [2.45, 2.75) is 0 Å². The number of aromatic hydroxyl groups is 4. The van der Waals surface area contributed by atoms with Gasteiger partial charge in [-0.05, 0) is 0 Å². The van der Waals surface area contributed by atoms with Gasteiger partial charge in [0, 0.05) is 0 Å². The second kappa shape index (κ2) is 7.72. The summed E-state index contributed by atoms with van der Waals surface area (Å²) in [5.74, 6) is 0.271. The molecular weight excluding hydrogens is 471 g/mol. The van der Waals surface area contributed by atoms with Crippen LogP contribution in [0.5, 0.6) is 23.0 Å². The van der Waals surface area contributed by atoms with Crippen LogP contribution in [0.2, 0.25) is 0 Å². The number of phenolic OH excluding ortho intramolecular Hbond substituents is 4. The molecule has 0 radical (unpaired) electrons. The first kappa shape index (κ1) is 19.2. The summed E-state index contributed by atoms with van der Waals surface area (Å²) in [6, 6.07) is 27.9. The first-order valence-corrected chi connectivity index (χ1v) is 14.9. The fourth-order valence-corrected chi connectivity index (χ4v) is 18.3. The molecule has 0 heterocycles. The van der Waals surface area contributed by atoms with E-state index in [1.165, 1.54) is 0 Å². The van der Waals surface area contributed by atoms with E-state index in [1.807, 2.05) is 48.5 Å². The molecule has 4 N–H and O–H groups in total. The zero-order chi connectivity index (χ0) is 20.4. The minimum atomic E-state index is -4.56. The van der Waals surface area contributed by atoms with Gasteiger partial charge in [-0.15, -0.1) is 0 Å². The van der Waals surface area contributed by atoms with Crippen molar-refractivity contribution in [3.63, 3.8) is 0 Å². The van der Waals surface area contributed by atoms with Gasteiger partial charge in [0.1, 0.15) is 0 Å². The second-order valence-corrected chi connectivity index (χ2v) is 17.2. The van der Waals surface area contributed by atoms with Gasteiger partial charge in [0.05, 0.1) is 0 Å². The van der Waals surface area contributed by atoms with Gasteiger partial charge in [-0.25, -0.2) is 0 Å². The Bertz CT molecular complexity index is 985. The third kappa shape index (κ3) is 3.09. The van der Waals surface area contributed by atoms with Crippen LogP contribution in [0.4, 0.5) is 0 Å². The Morgan fingerprint density at radius 1 is 0.345 bits per heavy atom. The van der Waals surface area contributed by atoms with Gasteiger partial charge in [0.15, 0.2) is 0 Å². The summed E-state index contributed by atoms with van der Waals surface area (Å²) < 4.78 is 2.52. The molecule has 0 saturated heterocycles. The van der Waals surface area contributed by atoms with Crippen LogP contribution < -0.4 is 14.3 Å². The first-order chi connectivity index (χ1) is 14.1. The van der Waals surface area contributed by atoms with Crippen LogP contribution in [0.25, 0.3) is 0 Å². The van der Waals surface area contributed by atoms with Crippen molar-refractivity contribution < 1.29 is 20.4 Å². The maximum atomic E-state index is 10.9. The van der Waals surface area contributed by atoms with E-state index in [0.29, 0.717) is 14.3 Å². The standard InChI is InChI=1S/4C6H5O.Sn/c4*7-6-4-2-1-3-5-6;/h4*1-4,7H;. The Morgan fingerprint density at radius 2 is 0.552 bits per heavy atom. The Labute approximate surface area is 172 Å². The Balaban J connectivity index is 2.28. The number of para-hydroxylation sites is 4. The number of phenols is 4. The van der Waals surface area contributed by atoms with Crippen molar-refractivity contribution in [3.8, 4) is 23.0 Å². The van der Waals surface area contributed by atoms with Crippen molar-refractivity contribution in [3.05, 3.63) is 97.1 Å². The monoisotopic (exact) mass is 492 g/mol. The molecule has 0 unspecified atom stereocenters. The molecule has 0 aromatic heterocycles. The molecule has 5 heteroatoms. The number of rotatable bonds is 4. The molecule has 0 spiro atoms. The number of hydrogen-bond acceptors (Lipinski definition) is 4. The third-order valence-corrected chi connectivity index (χ3v) is 19.3. The summed E-state index contributed by atoms with van der Waals surface area (Å²) in [4.78, 5) is 0. The molecule has 0 aliphatic carbocycles. The summed E-state index contributed by atoms with van der Waals surface area (Å²) in [5, 5.41) is 43.6. The molecule has 0 bridgehead atoms. The molecule has 29 heavy (non-hydrogen) atoms. The number of benzene rings is 4. The van der Waals surface area contributed by atoms with E-state index in [4.69, 9.17) is 0 Å². The molecule has 4 aromatic rings. The van der Waals surface area contributed by atoms with E-state index in [2.05, 4.69) is 0 Å². The van der Waals surface area contributed by atoms with Crippen molar-refractivity contribution in [2.24, 2.45) is 0 Å². The zero-order valence-corrected chi connectivity index (χ0v) is 18.4. The maximum absolute atomic E-state index is 10.9. The van der Waals surface area contributed by atoms with Crippen LogP contribution in [0.1, 0.15) is 0 Å². The van der Waals surface area contributed by atoms with Gasteiger partial charge in [-0.2, -0.15) is 0 Å². The van der Waals surface area contributed by atoms with Crippen LogP contribution in [-0.4, -0.2) is 38.8 Å². The summed E-state index contributed by atoms with van der Waals surface area (Å²) in [7, 11) is 0. The molecule has 0 aliphatic heterocycles. The van der Waals surface area contributed by atoms with Crippen LogP contribution in [0, 0.1) is 0 Å². The van der Waals surface area contributed by atoms with Gasteiger partial charge < -0.3 is 0 Å². The van der Waals surface area contributed by atoms with E-state index < -0.39 is 18.4 Å². The van der Waals surface area contributed by atoms with Crippen molar-refractivity contribution >= 4 is 32.7 Å². The van der Waals surface area contributed by atoms with E-state index in [1.54, 1.807) is 48.5 Å². The zero-order valence-electron chi connectivity index (χ0n) is 15.5. The SMILES string of the molecule is Oc1cccc[c]1[Sn]([c]1ccccc1O)([c]1ccccc1O)[c]1ccccc1O. The average Bonchev–Trinajstić information content (AvgIpc) is 2.73. The van der Waals surface area contributed by atoms with Gasteiger partial charge in [-0.3, -0.25) is 0 Å². The normalized spacial score (nSPS) is 11.3. The fraction of sp³-hybridized carbons (Fsp3) is 0. The van der Waals surface area contributed by atoms with Gasteiger partial charge in [0.2, 0.25) is 0 Å².